The van der Waals surface area contributed by atoms with Crippen molar-refractivity contribution in [2.24, 2.45) is 0 Å². The van der Waals surface area contributed by atoms with Gasteiger partial charge in [-0.15, -0.1) is 0 Å². The normalized spacial score (nSPS) is 13.8. The van der Waals surface area contributed by atoms with Gasteiger partial charge in [0.05, 0.1) is 33.1 Å². The molecular formula is C124H95BBrN6O2. The monoisotopic (exact) mass is 1790 g/mol. The van der Waals surface area contributed by atoms with E-state index in [1.54, 1.807) is 0 Å². The van der Waals surface area contributed by atoms with Crippen molar-refractivity contribution in [1.29, 1.82) is 0 Å². The zero-order chi connectivity index (χ0) is 90.6. The molecule has 1 N–H and O–H groups in total. The van der Waals surface area contributed by atoms with Crippen LogP contribution < -0.4 is 14.5 Å². The zero-order valence-electron chi connectivity index (χ0n) is 75.9. The van der Waals surface area contributed by atoms with Gasteiger partial charge < -0.3 is 37.7 Å². The van der Waals surface area contributed by atoms with Crippen molar-refractivity contribution < 1.29 is 9.68 Å². The van der Waals surface area contributed by atoms with Gasteiger partial charge >= 0.3 is 7.69 Å². The van der Waals surface area contributed by atoms with Gasteiger partial charge in [-0.05, 0) is 300 Å². The van der Waals surface area contributed by atoms with Crippen LogP contribution in [0.5, 0.6) is 5.75 Å². The fourth-order valence-corrected chi connectivity index (χ4v) is 22.9. The number of rotatable bonds is 13. The molecule has 4 aliphatic rings. The molecule has 4 aliphatic carbocycles. The van der Waals surface area contributed by atoms with Gasteiger partial charge in [-0.3, -0.25) is 0 Å². The average Bonchev–Trinajstić information content (AvgIpc) is 1.58. The molecule has 134 heavy (non-hydrogen) atoms. The predicted octanol–water partition coefficient (Wildman–Crippen LogP) is 32.6. The third-order valence-corrected chi connectivity index (χ3v) is 29.7. The Balaban J connectivity index is 0.000000121. The minimum absolute atomic E-state index is 0.0934. The SMILES string of the molecule is Brc1ccc2c(c1)c1cc3ccn(-c4ccccc4)c3cc1n2-c1ccccc1.CC1(C)c2ccccc2-c2ccc(N(c3ccc(-c4ccc5c(c4)c4cc6ccn(-c7ccccc7)c6cc4n5-c4ccccc4)cc3)c3ccc4c(c3)C(C)(C)c3ccccc3-4)cc21.CC1(C)c2ccccc2-c2ccc(N(c3ccc(O[B]O)cc3)c3ccc4c(c3)C(C)(C)c3ccccc3-4)cc21. The summed E-state index contributed by atoms with van der Waals surface area (Å²) in [5.41, 5.74) is 42.0. The van der Waals surface area contributed by atoms with E-state index in [9.17, 15) is 0 Å². The van der Waals surface area contributed by atoms with Crippen LogP contribution in [0.3, 0.4) is 0 Å². The first-order valence-electron chi connectivity index (χ1n) is 46.3. The number of nitrogens with zero attached hydrogens (tertiary/aromatic N) is 6. The number of fused-ring (bicyclic) bond motifs is 20. The van der Waals surface area contributed by atoms with Crippen molar-refractivity contribution in [2.75, 3.05) is 9.80 Å². The summed E-state index contributed by atoms with van der Waals surface area (Å²) in [6.45, 7) is 18.7. The first kappa shape index (κ1) is 81.8. The second-order valence-electron chi connectivity index (χ2n) is 38.2. The van der Waals surface area contributed by atoms with Gasteiger partial charge in [0.1, 0.15) is 5.75 Å². The topological polar surface area (TPSA) is 55.7 Å². The number of hydrogen-bond acceptors (Lipinski definition) is 4. The maximum Gasteiger partial charge on any atom is 0.569 e. The molecule has 4 heterocycles. The molecule has 0 amide bonds. The lowest BCUT2D eigenvalue weighted by atomic mass is 9.82. The quantitative estimate of drug-likeness (QED) is 0.117. The molecule has 26 rings (SSSR count). The summed E-state index contributed by atoms with van der Waals surface area (Å²) >= 11 is 3.65. The van der Waals surface area contributed by atoms with Gasteiger partial charge in [-0.25, -0.2) is 0 Å². The largest absolute Gasteiger partial charge is 0.569 e. The fourth-order valence-electron chi connectivity index (χ4n) is 22.5. The maximum atomic E-state index is 9.12. The number of aromatic nitrogens is 4. The summed E-state index contributed by atoms with van der Waals surface area (Å²) in [5, 5.41) is 16.6. The van der Waals surface area contributed by atoms with E-state index < -0.39 is 0 Å². The van der Waals surface area contributed by atoms with Crippen LogP contribution in [0.2, 0.25) is 0 Å². The summed E-state index contributed by atoms with van der Waals surface area (Å²) in [5.74, 6) is 0.585. The average molecular weight is 1790 g/mol. The molecule has 643 valence electrons. The minimum atomic E-state index is -0.112. The van der Waals surface area contributed by atoms with E-state index in [2.05, 4.69) is 500 Å². The molecule has 1 radical (unpaired) electrons. The van der Waals surface area contributed by atoms with Crippen LogP contribution in [0.1, 0.15) is 99.9 Å². The Labute approximate surface area is 790 Å². The predicted molar refractivity (Wildman–Crippen MR) is 563 cm³/mol. The highest BCUT2D eigenvalue weighted by Gasteiger charge is 2.41. The third kappa shape index (κ3) is 13.2. The Bertz CT molecular complexity index is 8240. The van der Waals surface area contributed by atoms with Crippen molar-refractivity contribution in [3.05, 3.63) is 474 Å². The first-order chi connectivity index (χ1) is 65.3. The number of anilines is 6. The minimum Gasteiger partial charge on any atom is -0.537 e. The van der Waals surface area contributed by atoms with Crippen molar-refractivity contribution in [1.82, 2.24) is 18.3 Å². The summed E-state index contributed by atoms with van der Waals surface area (Å²) in [6.07, 6.45) is 4.35. The molecule has 8 nitrogen and oxygen atoms in total. The molecule has 10 heteroatoms. The van der Waals surface area contributed by atoms with Crippen LogP contribution in [0.25, 0.3) is 144 Å². The standard InChI is InChI=1S/C62H47N3.C36H31BNO2.C26H17BrN2/c1-61(2)54-21-13-11-19-48(54)50-30-28-46(37-56(50)61)64(47-29-31-51-49-20-12-14-22-55(49)62(3,4)57(51)38-47)45-26-23-40(24-27-45)41-25-32-58-52(35-41)53-36-42-33-34-63(43-15-7-5-8-16-43)59(42)39-60(53)65(58)44-17-9-6-10-18-44;1-35(2)31-11-7-5-9-27(31)29-19-15-24(21-33(29)35)38(23-13-17-26(18-14-23)40-37-39)25-16-20-30-28-10-6-8-12-32(28)36(3,4)34(30)22-25;27-19-11-12-24-23(16-19)22-15-18-13-14-28(20-7-3-1-4-8-20)25(18)17-26(22)29(24)21-9-5-2-6-10-21/h5-39H,1-4H3;5-22,39H,1-4H3;1-17H. The molecule has 0 aliphatic heterocycles. The van der Waals surface area contributed by atoms with E-state index in [0.29, 0.717) is 13.4 Å². The third-order valence-electron chi connectivity index (χ3n) is 29.3. The molecule has 0 saturated heterocycles. The van der Waals surface area contributed by atoms with Gasteiger partial charge in [-0.1, -0.05) is 284 Å². The molecule has 0 spiro atoms. The summed E-state index contributed by atoms with van der Waals surface area (Å²) in [4.78, 5) is 4.79. The van der Waals surface area contributed by atoms with Crippen LogP contribution in [-0.4, -0.2) is 31.0 Å². The lowest BCUT2D eigenvalue weighted by molar-refractivity contribution is 0.454. The van der Waals surface area contributed by atoms with E-state index >= 15 is 0 Å². The summed E-state index contributed by atoms with van der Waals surface area (Å²) in [6, 6.07) is 150. The number of hydrogen-bond donors (Lipinski definition) is 1. The van der Waals surface area contributed by atoms with Gasteiger partial charge in [0.2, 0.25) is 0 Å². The van der Waals surface area contributed by atoms with E-state index in [1.165, 1.54) is 177 Å². The molecule has 4 aromatic heterocycles. The van der Waals surface area contributed by atoms with Crippen LogP contribution in [-0.2, 0) is 21.7 Å². The number of halogens is 1. The van der Waals surface area contributed by atoms with E-state index in [4.69, 9.17) is 9.68 Å². The Morgan fingerprint density at radius 1 is 0.246 bits per heavy atom. The number of benzene rings is 18. The van der Waals surface area contributed by atoms with Crippen LogP contribution in [0.15, 0.2) is 429 Å². The Hall–Kier alpha value is -15.5. The maximum absolute atomic E-state index is 9.12. The van der Waals surface area contributed by atoms with Gasteiger partial charge in [0.15, 0.2) is 0 Å². The Morgan fingerprint density at radius 2 is 0.545 bits per heavy atom. The zero-order valence-corrected chi connectivity index (χ0v) is 77.5. The molecule has 0 atom stereocenters. The lowest BCUT2D eigenvalue weighted by Crippen LogP contribution is -2.18. The van der Waals surface area contributed by atoms with Crippen LogP contribution in [0, 0.1) is 0 Å². The molecule has 22 aromatic rings. The summed E-state index contributed by atoms with van der Waals surface area (Å²) < 4.78 is 15.6. The van der Waals surface area contributed by atoms with Crippen LogP contribution >= 0.6 is 15.9 Å². The van der Waals surface area contributed by atoms with E-state index in [1.807, 2.05) is 24.3 Å². The van der Waals surface area contributed by atoms with E-state index in [0.717, 1.165) is 50.0 Å². The van der Waals surface area contributed by atoms with Crippen molar-refractivity contribution in [2.45, 2.75) is 77.0 Å². The second-order valence-corrected chi connectivity index (χ2v) is 39.1. The van der Waals surface area contributed by atoms with E-state index in [-0.39, 0.29) is 21.7 Å². The van der Waals surface area contributed by atoms with Gasteiger partial charge in [0, 0.05) is 128 Å². The lowest BCUT2D eigenvalue weighted by Gasteiger charge is -2.30. The smallest absolute Gasteiger partial charge is 0.537 e. The molecule has 0 bridgehead atoms. The molecular weight excluding hydrogens is 1700 g/mol. The fraction of sp³-hybridized carbons (Fsp3) is 0.0968. The highest BCUT2D eigenvalue weighted by molar-refractivity contribution is 9.10. The van der Waals surface area contributed by atoms with Crippen molar-refractivity contribution >= 4 is 123 Å². The first-order valence-corrected chi connectivity index (χ1v) is 47.1. The molecule has 18 aromatic carbocycles. The number of para-hydroxylation sites is 4. The highest BCUT2D eigenvalue weighted by Crippen LogP contribution is 2.57. The molecule has 0 fully saturated rings. The van der Waals surface area contributed by atoms with Crippen LogP contribution in [0.4, 0.5) is 34.1 Å². The van der Waals surface area contributed by atoms with Crippen molar-refractivity contribution in [3.8, 4) is 84.1 Å². The van der Waals surface area contributed by atoms with Gasteiger partial charge in [-0.2, -0.15) is 0 Å². The van der Waals surface area contributed by atoms with Gasteiger partial charge in [0.25, 0.3) is 0 Å². The highest BCUT2D eigenvalue weighted by atomic mass is 79.9. The molecule has 0 unspecified atom stereocenters. The van der Waals surface area contributed by atoms with Crippen molar-refractivity contribution in [3.63, 3.8) is 0 Å². The molecule has 0 saturated carbocycles. The Morgan fingerprint density at radius 3 is 0.910 bits per heavy atom. The summed E-state index contributed by atoms with van der Waals surface area (Å²) in [7, 11) is 0.716. The Kier molecular flexibility index (Phi) is 19.3. The second kappa shape index (κ2) is 31.7.